The second-order valence-electron chi connectivity index (χ2n) is 5.56. The molecular formula is C17H16F3NO2. The molecule has 2 aromatic carbocycles. The Balaban J connectivity index is 2.15. The Morgan fingerprint density at radius 3 is 2.48 bits per heavy atom. The van der Waals surface area contributed by atoms with Crippen LogP contribution < -0.4 is 5.32 Å². The van der Waals surface area contributed by atoms with E-state index in [1.165, 1.54) is 25.1 Å². The summed E-state index contributed by atoms with van der Waals surface area (Å²) in [6.45, 7) is 2.62. The molecule has 23 heavy (non-hydrogen) atoms. The van der Waals surface area contributed by atoms with E-state index >= 15 is 0 Å². The second-order valence-corrected chi connectivity index (χ2v) is 5.56. The lowest BCUT2D eigenvalue weighted by Crippen LogP contribution is -2.39. The van der Waals surface area contributed by atoms with Gasteiger partial charge in [0.25, 0.3) is 5.91 Å². The number of aryl methyl sites for hydroxylation is 1. The lowest BCUT2D eigenvalue weighted by atomic mass is 9.95. The predicted octanol–water partition coefficient (Wildman–Crippen LogP) is 3.05. The Bertz CT molecular complexity index is 745. The van der Waals surface area contributed by atoms with Crippen molar-refractivity contribution in [2.24, 2.45) is 0 Å². The zero-order valence-corrected chi connectivity index (χ0v) is 12.7. The Kier molecular flexibility index (Phi) is 4.75. The van der Waals surface area contributed by atoms with Crippen molar-refractivity contribution in [2.45, 2.75) is 19.4 Å². The first-order valence-corrected chi connectivity index (χ1v) is 6.93. The smallest absolute Gasteiger partial charge is 0.254 e. The monoisotopic (exact) mass is 323 g/mol. The lowest BCUT2D eigenvalue weighted by Gasteiger charge is -2.24. The molecule has 2 rings (SSSR count). The van der Waals surface area contributed by atoms with E-state index in [9.17, 15) is 23.1 Å². The maximum Gasteiger partial charge on any atom is 0.254 e. The molecular weight excluding hydrogens is 307 g/mol. The molecule has 0 aromatic heterocycles. The van der Waals surface area contributed by atoms with E-state index in [0.717, 1.165) is 12.1 Å². The van der Waals surface area contributed by atoms with Crippen LogP contribution in [0.4, 0.5) is 13.2 Å². The quantitative estimate of drug-likeness (QED) is 0.908. The summed E-state index contributed by atoms with van der Waals surface area (Å²) in [5, 5.41) is 12.7. The van der Waals surface area contributed by atoms with E-state index in [0.29, 0.717) is 11.6 Å². The third kappa shape index (κ3) is 3.90. The summed E-state index contributed by atoms with van der Waals surface area (Å²) in [4.78, 5) is 12.0. The molecule has 0 radical (unpaired) electrons. The van der Waals surface area contributed by atoms with E-state index in [1.807, 2.05) is 0 Å². The van der Waals surface area contributed by atoms with Gasteiger partial charge in [0.1, 0.15) is 23.1 Å². The van der Waals surface area contributed by atoms with Crippen LogP contribution in [-0.2, 0) is 5.60 Å². The average molecular weight is 323 g/mol. The van der Waals surface area contributed by atoms with Crippen molar-refractivity contribution >= 4 is 5.91 Å². The number of benzene rings is 2. The van der Waals surface area contributed by atoms with E-state index in [-0.39, 0.29) is 17.7 Å². The van der Waals surface area contributed by atoms with Gasteiger partial charge in [-0.25, -0.2) is 13.2 Å². The van der Waals surface area contributed by atoms with E-state index < -0.39 is 29.0 Å². The third-order valence-corrected chi connectivity index (χ3v) is 3.47. The third-order valence-electron chi connectivity index (χ3n) is 3.47. The topological polar surface area (TPSA) is 49.3 Å². The number of nitrogens with one attached hydrogen (secondary N) is 1. The summed E-state index contributed by atoms with van der Waals surface area (Å²) in [6, 6.07) is 6.82. The molecule has 1 atom stereocenters. The van der Waals surface area contributed by atoms with Crippen molar-refractivity contribution in [3.05, 3.63) is 70.5 Å². The van der Waals surface area contributed by atoms with Gasteiger partial charge in [-0.2, -0.15) is 0 Å². The molecule has 0 aliphatic rings. The molecule has 0 saturated heterocycles. The highest BCUT2D eigenvalue weighted by molar-refractivity contribution is 5.94. The van der Waals surface area contributed by atoms with E-state index in [4.69, 9.17) is 0 Å². The Morgan fingerprint density at radius 2 is 1.83 bits per heavy atom. The van der Waals surface area contributed by atoms with Gasteiger partial charge in [-0.15, -0.1) is 0 Å². The van der Waals surface area contributed by atoms with Crippen LogP contribution in [0.1, 0.15) is 28.4 Å². The van der Waals surface area contributed by atoms with Gasteiger partial charge in [0.15, 0.2) is 0 Å². The van der Waals surface area contributed by atoms with Crippen LogP contribution in [0.2, 0.25) is 0 Å². The molecule has 0 bridgehead atoms. The first-order valence-electron chi connectivity index (χ1n) is 6.93. The number of hydrogen-bond acceptors (Lipinski definition) is 2. The average Bonchev–Trinajstić information content (AvgIpc) is 2.47. The van der Waals surface area contributed by atoms with Crippen LogP contribution in [0.25, 0.3) is 0 Å². The summed E-state index contributed by atoms with van der Waals surface area (Å²) in [6.07, 6.45) is 0. The van der Waals surface area contributed by atoms with Gasteiger partial charge < -0.3 is 10.4 Å². The lowest BCUT2D eigenvalue weighted by molar-refractivity contribution is 0.0493. The van der Waals surface area contributed by atoms with Gasteiger partial charge in [-0.3, -0.25) is 4.79 Å². The number of carbonyl (C=O) groups is 1. The van der Waals surface area contributed by atoms with Crippen molar-refractivity contribution in [3.63, 3.8) is 0 Å². The molecule has 0 saturated carbocycles. The molecule has 2 aromatic rings. The number of amides is 1. The summed E-state index contributed by atoms with van der Waals surface area (Å²) < 4.78 is 40.3. The van der Waals surface area contributed by atoms with Gasteiger partial charge in [0, 0.05) is 11.6 Å². The molecule has 0 fully saturated rings. The van der Waals surface area contributed by atoms with Crippen molar-refractivity contribution in [2.75, 3.05) is 6.54 Å². The molecule has 2 N–H and O–H groups in total. The summed E-state index contributed by atoms with van der Waals surface area (Å²) in [7, 11) is 0. The first kappa shape index (κ1) is 17.0. The fourth-order valence-electron chi connectivity index (χ4n) is 2.18. The standard InChI is InChI=1S/C17H16F3NO2/c1-10-3-6-14(19)12(7-10)16(22)21-9-17(2,23)13-5-4-11(18)8-15(13)20/h3-8,23H,9H2,1-2H3,(H,21,22). The molecule has 0 heterocycles. The zero-order valence-electron chi connectivity index (χ0n) is 12.7. The van der Waals surface area contributed by atoms with Gasteiger partial charge >= 0.3 is 0 Å². The highest BCUT2D eigenvalue weighted by Crippen LogP contribution is 2.23. The predicted molar refractivity (Wildman–Crippen MR) is 79.4 cm³/mol. The van der Waals surface area contributed by atoms with Crippen molar-refractivity contribution in [1.29, 1.82) is 0 Å². The van der Waals surface area contributed by atoms with Crippen LogP contribution in [0.5, 0.6) is 0 Å². The number of rotatable bonds is 4. The number of aliphatic hydroxyl groups is 1. The molecule has 1 amide bonds. The van der Waals surface area contributed by atoms with Gasteiger partial charge in [0.05, 0.1) is 12.1 Å². The Morgan fingerprint density at radius 1 is 1.13 bits per heavy atom. The SMILES string of the molecule is Cc1ccc(F)c(C(=O)NCC(C)(O)c2ccc(F)cc2F)c1. The van der Waals surface area contributed by atoms with Gasteiger partial charge in [-0.05, 0) is 32.0 Å². The molecule has 0 spiro atoms. The van der Waals surface area contributed by atoms with Gasteiger partial charge in [-0.1, -0.05) is 17.7 Å². The number of hydrogen-bond donors (Lipinski definition) is 2. The summed E-state index contributed by atoms with van der Waals surface area (Å²) >= 11 is 0. The summed E-state index contributed by atoms with van der Waals surface area (Å²) in [5.41, 5.74) is -1.40. The van der Waals surface area contributed by atoms with Crippen LogP contribution >= 0.6 is 0 Å². The fraction of sp³-hybridized carbons (Fsp3) is 0.235. The largest absolute Gasteiger partial charge is 0.383 e. The molecule has 0 aliphatic heterocycles. The van der Waals surface area contributed by atoms with Crippen molar-refractivity contribution in [3.8, 4) is 0 Å². The normalized spacial score (nSPS) is 13.5. The minimum Gasteiger partial charge on any atom is -0.383 e. The Hall–Kier alpha value is -2.34. The fourth-order valence-corrected chi connectivity index (χ4v) is 2.18. The van der Waals surface area contributed by atoms with Crippen LogP contribution in [0.3, 0.4) is 0 Å². The molecule has 122 valence electrons. The van der Waals surface area contributed by atoms with E-state index in [2.05, 4.69) is 5.32 Å². The minimum absolute atomic E-state index is 0.163. The number of halogens is 3. The highest BCUT2D eigenvalue weighted by Gasteiger charge is 2.28. The van der Waals surface area contributed by atoms with E-state index in [1.54, 1.807) is 6.92 Å². The number of carbonyl (C=O) groups excluding carboxylic acids is 1. The summed E-state index contributed by atoms with van der Waals surface area (Å²) in [5.74, 6) is -3.12. The van der Waals surface area contributed by atoms with Crippen molar-refractivity contribution < 1.29 is 23.1 Å². The van der Waals surface area contributed by atoms with Crippen LogP contribution in [0, 0.1) is 24.4 Å². The molecule has 6 heteroatoms. The maximum absolute atomic E-state index is 13.7. The first-order chi connectivity index (χ1) is 10.7. The van der Waals surface area contributed by atoms with Crippen molar-refractivity contribution in [1.82, 2.24) is 5.32 Å². The van der Waals surface area contributed by atoms with Crippen LogP contribution in [0.15, 0.2) is 36.4 Å². The minimum atomic E-state index is -1.77. The maximum atomic E-state index is 13.7. The molecule has 0 aliphatic carbocycles. The van der Waals surface area contributed by atoms with Crippen LogP contribution in [-0.4, -0.2) is 17.6 Å². The van der Waals surface area contributed by atoms with Gasteiger partial charge in [0.2, 0.25) is 0 Å². The highest BCUT2D eigenvalue weighted by atomic mass is 19.1. The molecule has 1 unspecified atom stereocenters. The Labute approximate surface area is 131 Å². The zero-order chi connectivity index (χ0) is 17.2. The second kappa shape index (κ2) is 6.42. The molecule has 3 nitrogen and oxygen atoms in total.